The molecule has 10 heteroatoms. The van der Waals surface area contributed by atoms with Crippen molar-refractivity contribution in [3.63, 3.8) is 0 Å². The third-order valence-electron chi connectivity index (χ3n) is 2.50. The average Bonchev–Trinajstić information content (AvgIpc) is 2.41. The molecule has 0 aliphatic carbocycles. The lowest BCUT2D eigenvalue weighted by Gasteiger charge is -2.06. The summed E-state index contributed by atoms with van der Waals surface area (Å²) in [7, 11) is -2.63. The van der Waals surface area contributed by atoms with Gasteiger partial charge in [-0.25, -0.2) is 13.6 Å². The van der Waals surface area contributed by atoms with Gasteiger partial charge in [-0.2, -0.15) is 0 Å². The number of rotatable bonds is 7. The molecule has 0 fully saturated rings. The lowest BCUT2D eigenvalue weighted by atomic mass is 10.2. The Labute approximate surface area is 121 Å². The van der Waals surface area contributed by atoms with Crippen LogP contribution in [0, 0.1) is 10.1 Å². The Morgan fingerprint density at radius 1 is 1.43 bits per heavy atom. The van der Waals surface area contributed by atoms with Gasteiger partial charge >= 0.3 is 0 Å². The van der Waals surface area contributed by atoms with Gasteiger partial charge in [0.05, 0.1) is 9.82 Å². The van der Waals surface area contributed by atoms with Crippen molar-refractivity contribution in [1.29, 1.82) is 0 Å². The van der Waals surface area contributed by atoms with E-state index in [2.05, 4.69) is 5.32 Å². The van der Waals surface area contributed by atoms with Crippen LogP contribution in [0.5, 0.6) is 0 Å². The fourth-order valence-electron chi connectivity index (χ4n) is 1.50. The topological polar surface area (TPSA) is 142 Å². The third-order valence-corrected chi connectivity index (χ3v) is 3.40. The number of amides is 1. The van der Waals surface area contributed by atoms with E-state index < -0.39 is 31.4 Å². The van der Waals surface area contributed by atoms with Crippen LogP contribution in [0.4, 0.5) is 5.69 Å². The molecule has 0 aromatic heterocycles. The number of carbonyl (C=O) groups excluding carboxylic acids is 1. The zero-order valence-corrected chi connectivity index (χ0v) is 12.1. The number of non-ortho nitro benzene ring substituents is 1. The molecule has 1 aromatic carbocycles. The van der Waals surface area contributed by atoms with Crippen LogP contribution in [-0.2, 0) is 14.8 Å². The molecular weight excluding hydrogens is 302 g/mol. The number of nitrogens with zero attached hydrogens (tertiary/aromatic N) is 1. The number of nitro groups is 1. The highest BCUT2D eigenvalue weighted by atomic mass is 32.2. The van der Waals surface area contributed by atoms with Crippen LogP contribution >= 0.6 is 0 Å². The monoisotopic (exact) mass is 317 g/mol. The number of methoxy groups -OCH3 is 1. The van der Waals surface area contributed by atoms with E-state index in [0.29, 0.717) is 19.6 Å². The number of ether oxygens (including phenoxy) is 1. The highest BCUT2D eigenvalue weighted by Gasteiger charge is 2.19. The minimum atomic E-state index is -4.15. The summed E-state index contributed by atoms with van der Waals surface area (Å²) in [5.41, 5.74) is -0.672. The Balaban J connectivity index is 3.03. The second-order valence-corrected chi connectivity index (χ2v) is 5.68. The van der Waals surface area contributed by atoms with E-state index >= 15 is 0 Å². The molecule has 1 aromatic rings. The molecule has 0 saturated carbocycles. The number of sulfonamides is 1. The molecule has 0 unspecified atom stereocenters. The van der Waals surface area contributed by atoms with Gasteiger partial charge in [0.15, 0.2) is 0 Å². The molecule has 1 rings (SSSR count). The molecule has 3 N–H and O–H groups in total. The van der Waals surface area contributed by atoms with Crippen molar-refractivity contribution in [2.75, 3.05) is 20.3 Å². The van der Waals surface area contributed by atoms with Gasteiger partial charge in [0, 0.05) is 38.0 Å². The molecule has 116 valence electrons. The number of carbonyl (C=O) groups is 1. The fourth-order valence-corrected chi connectivity index (χ4v) is 2.08. The number of nitrogens with one attached hydrogen (secondary N) is 1. The van der Waals surface area contributed by atoms with Crippen molar-refractivity contribution >= 4 is 21.6 Å². The maximum absolute atomic E-state index is 11.9. The predicted molar refractivity (Wildman–Crippen MR) is 73.3 cm³/mol. The summed E-state index contributed by atoms with van der Waals surface area (Å²) >= 11 is 0. The first kappa shape index (κ1) is 17.0. The highest BCUT2D eigenvalue weighted by molar-refractivity contribution is 7.89. The summed E-state index contributed by atoms with van der Waals surface area (Å²) in [6.45, 7) is 0.734. The molecule has 9 nitrogen and oxygen atoms in total. The van der Waals surface area contributed by atoms with Gasteiger partial charge in [0.2, 0.25) is 10.0 Å². The number of hydrogen-bond donors (Lipinski definition) is 2. The molecular formula is C11H15N3O6S. The molecule has 0 radical (unpaired) electrons. The minimum absolute atomic E-state index is 0.148. The van der Waals surface area contributed by atoms with E-state index in [1.54, 1.807) is 0 Å². The number of nitrogens with two attached hydrogens (primary N) is 1. The van der Waals surface area contributed by atoms with Crippen molar-refractivity contribution in [1.82, 2.24) is 5.32 Å². The average molecular weight is 317 g/mol. The van der Waals surface area contributed by atoms with E-state index in [1.807, 2.05) is 0 Å². The van der Waals surface area contributed by atoms with Gasteiger partial charge in [-0.05, 0) is 12.5 Å². The Bertz CT molecular complexity index is 643. The number of nitro benzene ring substituents is 1. The van der Waals surface area contributed by atoms with E-state index in [9.17, 15) is 23.3 Å². The van der Waals surface area contributed by atoms with Crippen LogP contribution in [0.3, 0.4) is 0 Å². The van der Waals surface area contributed by atoms with Crippen molar-refractivity contribution in [3.8, 4) is 0 Å². The molecule has 0 heterocycles. The minimum Gasteiger partial charge on any atom is -0.385 e. The molecule has 1 amide bonds. The SMILES string of the molecule is COCCCNC(=O)c1cc([N+](=O)[O-])cc(S(N)(=O)=O)c1. The standard InChI is InChI=1S/C11H15N3O6S/c1-20-4-2-3-13-11(15)8-5-9(14(16)17)7-10(6-8)21(12,18)19/h5-7H,2-4H2,1H3,(H,13,15)(H2,12,18,19). The van der Waals surface area contributed by atoms with Crippen LogP contribution in [-0.4, -0.2) is 39.5 Å². The summed E-state index contributed by atoms with van der Waals surface area (Å²) in [6, 6.07) is 2.78. The van der Waals surface area contributed by atoms with E-state index in [1.165, 1.54) is 7.11 Å². The van der Waals surface area contributed by atoms with Crippen LogP contribution in [0.15, 0.2) is 23.1 Å². The molecule has 0 atom stereocenters. The molecule has 0 aliphatic rings. The van der Waals surface area contributed by atoms with Crippen molar-refractivity contribution in [2.24, 2.45) is 5.14 Å². The van der Waals surface area contributed by atoms with E-state index in [4.69, 9.17) is 9.88 Å². The zero-order valence-electron chi connectivity index (χ0n) is 11.2. The molecule has 0 aliphatic heterocycles. The van der Waals surface area contributed by atoms with Gasteiger partial charge in [-0.15, -0.1) is 0 Å². The maximum Gasteiger partial charge on any atom is 0.271 e. The summed E-state index contributed by atoms with van der Waals surface area (Å²) in [4.78, 5) is 21.3. The molecule has 0 saturated heterocycles. The number of primary sulfonamides is 1. The van der Waals surface area contributed by atoms with Crippen LogP contribution in [0.25, 0.3) is 0 Å². The first-order chi connectivity index (χ1) is 9.75. The first-order valence-corrected chi connectivity index (χ1v) is 7.39. The van der Waals surface area contributed by atoms with Crippen molar-refractivity contribution in [3.05, 3.63) is 33.9 Å². The fraction of sp³-hybridized carbons (Fsp3) is 0.364. The largest absolute Gasteiger partial charge is 0.385 e. The predicted octanol–water partition coefficient (Wildman–Crippen LogP) is 0.00850. The van der Waals surface area contributed by atoms with Crippen LogP contribution in [0.2, 0.25) is 0 Å². The number of hydrogen-bond acceptors (Lipinski definition) is 6. The van der Waals surface area contributed by atoms with Crippen molar-refractivity contribution in [2.45, 2.75) is 11.3 Å². The summed E-state index contributed by atoms with van der Waals surface area (Å²) in [5, 5.41) is 18.2. The first-order valence-electron chi connectivity index (χ1n) is 5.85. The number of benzene rings is 1. The van der Waals surface area contributed by atoms with Gasteiger partial charge in [-0.3, -0.25) is 14.9 Å². The Kier molecular flexibility index (Phi) is 5.76. The summed E-state index contributed by atoms with van der Waals surface area (Å²) in [6.07, 6.45) is 0.555. The Morgan fingerprint density at radius 3 is 2.62 bits per heavy atom. The summed E-state index contributed by atoms with van der Waals surface area (Å²) < 4.78 is 27.4. The quantitative estimate of drug-likeness (QED) is 0.412. The smallest absolute Gasteiger partial charge is 0.271 e. The van der Waals surface area contributed by atoms with Gasteiger partial charge in [0.1, 0.15) is 0 Å². The van der Waals surface area contributed by atoms with Crippen LogP contribution in [0.1, 0.15) is 16.8 Å². The van der Waals surface area contributed by atoms with Gasteiger partial charge < -0.3 is 10.1 Å². The maximum atomic E-state index is 11.9. The molecule has 0 spiro atoms. The Morgan fingerprint density at radius 2 is 2.10 bits per heavy atom. The lowest BCUT2D eigenvalue weighted by molar-refractivity contribution is -0.385. The molecule has 0 bridgehead atoms. The third kappa shape index (κ3) is 5.10. The highest BCUT2D eigenvalue weighted by Crippen LogP contribution is 2.20. The van der Waals surface area contributed by atoms with Crippen LogP contribution < -0.4 is 10.5 Å². The normalized spacial score (nSPS) is 11.1. The Hall–Kier alpha value is -2.04. The van der Waals surface area contributed by atoms with Gasteiger partial charge in [0.25, 0.3) is 11.6 Å². The second kappa shape index (κ2) is 7.11. The van der Waals surface area contributed by atoms with Gasteiger partial charge in [-0.1, -0.05) is 0 Å². The summed E-state index contributed by atoms with van der Waals surface area (Å²) in [5.74, 6) is -0.625. The molecule has 21 heavy (non-hydrogen) atoms. The lowest BCUT2D eigenvalue weighted by Crippen LogP contribution is -2.25. The second-order valence-electron chi connectivity index (χ2n) is 4.12. The van der Waals surface area contributed by atoms with Crippen molar-refractivity contribution < 1.29 is 22.9 Å². The zero-order chi connectivity index (χ0) is 16.0. The van der Waals surface area contributed by atoms with E-state index in [-0.39, 0.29) is 5.56 Å². The van der Waals surface area contributed by atoms with E-state index in [0.717, 1.165) is 18.2 Å².